The van der Waals surface area contributed by atoms with E-state index in [1.807, 2.05) is 5.32 Å². The van der Waals surface area contributed by atoms with E-state index in [-0.39, 0.29) is 6.04 Å². The van der Waals surface area contributed by atoms with Gasteiger partial charge >= 0.3 is 6.18 Å². The Morgan fingerprint density at radius 2 is 1.93 bits per heavy atom. The quantitative estimate of drug-likeness (QED) is 0.740. The molecule has 1 saturated carbocycles. The van der Waals surface area contributed by atoms with E-state index >= 15 is 0 Å². The topological polar surface area (TPSA) is 55.1 Å². The summed E-state index contributed by atoms with van der Waals surface area (Å²) in [5.41, 5.74) is 5.68. The number of rotatable bonds is 2. The minimum Gasteiger partial charge on any atom is -0.347 e. The van der Waals surface area contributed by atoms with Crippen LogP contribution in [0.5, 0.6) is 0 Å². The smallest absolute Gasteiger partial charge is 0.347 e. The molecule has 0 aromatic heterocycles. The van der Waals surface area contributed by atoms with Crippen molar-refractivity contribution < 1.29 is 18.0 Å². The molecule has 3 nitrogen and oxygen atoms in total. The third-order valence-electron chi connectivity index (χ3n) is 2.62. The summed E-state index contributed by atoms with van der Waals surface area (Å²) in [4.78, 5) is 11.4. The highest BCUT2D eigenvalue weighted by molar-refractivity contribution is 5.79. The molecule has 0 bridgehead atoms. The first kappa shape index (κ1) is 12.3. The third kappa shape index (κ3) is 4.07. The van der Waals surface area contributed by atoms with E-state index in [0.29, 0.717) is 12.8 Å². The Bertz CT molecular complexity index is 230. The molecule has 3 N–H and O–H groups in total. The van der Waals surface area contributed by atoms with Gasteiger partial charge in [-0.3, -0.25) is 4.79 Å². The second kappa shape index (κ2) is 4.83. The van der Waals surface area contributed by atoms with E-state index < -0.39 is 24.5 Å². The first-order valence-corrected chi connectivity index (χ1v) is 5.00. The van der Waals surface area contributed by atoms with Crippen LogP contribution in [-0.2, 0) is 4.79 Å². The number of hydrogen-bond donors (Lipinski definition) is 2. The lowest BCUT2D eigenvalue weighted by molar-refractivity contribution is -0.141. The van der Waals surface area contributed by atoms with E-state index in [2.05, 4.69) is 0 Å². The molecule has 0 aliphatic heterocycles. The van der Waals surface area contributed by atoms with Crippen LogP contribution in [0, 0.1) is 5.92 Å². The number of halogens is 3. The van der Waals surface area contributed by atoms with E-state index in [9.17, 15) is 18.0 Å². The van der Waals surface area contributed by atoms with Crippen LogP contribution in [-0.4, -0.2) is 24.7 Å². The van der Waals surface area contributed by atoms with Gasteiger partial charge in [-0.15, -0.1) is 0 Å². The third-order valence-corrected chi connectivity index (χ3v) is 2.62. The van der Waals surface area contributed by atoms with Crippen LogP contribution in [0.4, 0.5) is 13.2 Å². The van der Waals surface area contributed by atoms with Crippen molar-refractivity contribution in [3.63, 3.8) is 0 Å². The number of alkyl halides is 3. The number of nitrogens with one attached hydrogen (secondary N) is 1. The van der Waals surface area contributed by atoms with Crippen LogP contribution in [0.3, 0.4) is 0 Å². The van der Waals surface area contributed by atoms with Crippen LogP contribution >= 0.6 is 0 Å². The SMILES string of the molecule is N[C@H]1CCCC[C@H]1C(=O)NCC(F)(F)F. The molecule has 0 saturated heterocycles. The molecule has 1 rings (SSSR count). The van der Waals surface area contributed by atoms with E-state index in [1.54, 1.807) is 0 Å². The second-order valence-electron chi connectivity index (χ2n) is 3.89. The van der Waals surface area contributed by atoms with Gasteiger partial charge < -0.3 is 11.1 Å². The molecule has 15 heavy (non-hydrogen) atoms. The molecule has 1 aliphatic carbocycles. The number of nitrogens with two attached hydrogens (primary N) is 1. The van der Waals surface area contributed by atoms with Gasteiger partial charge in [0.05, 0.1) is 5.92 Å². The first-order chi connectivity index (χ1) is 6.90. The lowest BCUT2D eigenvalue weighted by atomic mass is 9.84. The Balaban J connectivity index is 2.39. The summed E-state index contributed by atoms with van der Waals surface area (Å²) in [6.45, 7) is -1.27. The van der Waals surface area contributed by atoms with Gasteiger partial charge in [-0.05, 0) is 12.8 Å². The summed E-state index contributed by atoms with van der Waals surface area (Å²) in [5.74, 6) is -1.03. The van der Waals surface area contributed by atoms with Crippen molar-refractivity contribution >= 4 is 5.91 Å². The standard InChI is InChI=1S/C9H15F3N2O/c10-9(11,12)5-14-8(15)6-3-1-2-4-7(6)13/h6-7H,1-5,13H2,(H,14,15)/t6-,7+/m1/s1. The molecule has 0 heterocycles. The van der Waals surface area contributed by atoms with Crippen molar-refractivity contribution in [3.8, 4) is 0 Å². The summed E-state index contributed by atoms with van der Waals surface area (Å²) in [6, 6.07) is -0.299. The molecule has 88 valence electrons. The maximum atomic E-state index is 11.8. The molecule has 0 aromatic carbocycles. The maximum absolute atomic E-state index is 11.8. The van der Waals surface area contributed by atoms with Crippen molar-refractivity contribution in [2.75, 3.05) is 6.54 Å². The fraction of sp³-hybridized carbons (Fsp3) is 0.889. The van der Waals surface area contributed by atoms with Crippen LogP contribution in [0.25, 0.3) is 0 Å². The fourth-order valence-corrected chi connectivity index (χ4v) is 1.80. The number of amides is 1. The van der Waals surface area contributed by atoms with Gasteiger partial charge in [-0.2, -0.15) is 13.2 Å². The molecule has 1 fully saturated rings. The minimum atomic E-state index is -4.35. The van der Waals surface area contributed by atoms with E-state index in [0.717, 1.165) is 12.8 Å². The lowest BCUT2D eigenvalue weighted by Gasteiger charge is -2.27. The molecule has 0 spiro atoms. The van der Waals surface area contributed by atoms with E-state index in [4.69, 9.17) is 5.73 Å². The summed E-state index contributed by atoms with van der Waals surface area (Å²) in [5, 5.41) is 1.88. The summed E-state index contributed by atoms with van der Waals surface area (Å²) < 4.78 is 35.5. The minimum absolute atomic E-state index is 0.299. The molecule has 6 heteroatoms. The molecular formula is C9H15F3N2O. The predicted octanol–water partition coefficient (Wildman–Crippen LogP) is 1.18. The normalized spacial score (nSPS) is 27.5. The average molecular weight is 224 g/mol. The highest BCUT2D eigenvalue weighted by atomic mass is 19.4. The van der Waals surface area contributed by atoms with Gasteiger partial charge in [0, 0.05) is 6.04 Å². The molecule has 0 radical (unpaired) electrons. The Labute approximate surface area is 86.2 Å². The number of carbonyl (C=O) groups is 1. The lowest BCUT2D eigenvalue weighted by Crippen LogP contribution is -2.45. The molecular weight excluding hydrogens is 209 g/mol. The summed E-state index contributed by atoms with van der Waals surface area (Å²) in [6.07, 6.45) is -1.24. The molecule has 0 aromatic rings. The Hall–Kier alpha value is -0.780. The van der Waals surface area contributed by atoms with Gasteiger partial charge in [-0.25, -0.2) is 0 Å². The number of hydrogen-bond acceptors (Lipinski definition) is 2. The zero-order valence-corrected chi connectivity index (χ0v) is 8.31. The van der Waals surface area contributed by atoms with Gasteiger partial charge in [0.25, 0.3) is 0 Å². The van der Waals surface area contributed by atoms with Gasteiger partial charge in [0.15, 0.2) is 0 Å². The van der Waals surface area contributed by atoms with Crippen LogP contribution in [0.2, 0.25) is 0 Å². The van der Waals surface area contributed by atoms with Crippen LogP contribution < -0.4 is 11.1 Å². The second-order valence-corrected chi connectivity index (χ2v) is 3.89. The Kier molecular flexibility index (Phi) is 3.96. The van der Waals surface area contributed by atoms with Gasteiger partial charge in [0.1, 0.15) is 6.54 Å². The number of carbonyl (C=O) groups excluding carboxylic acids is 1. The largest absolute Gasteiger partial charge is 0.405 e. The summed E-state index contributed by atoms with van der Waals surface area (Å²) in [7, 11) is 0. The highest BCUT2D eigenvalue weighted by Crippen LogP contribution is 2.23. The van der Waals surface area contributed by atoms with Crippen molar-refractivity contribution in [2.24, 2.45) is 11.7 Å². The van der Waals surface area contributed by atoms with Crippen LogP contribution in [0.15, 0.2) is 0 Å². The molecule has 1 aliphatic rings. The van der Waals surface area contributed by atoms with Crippen molar-refractivity contribution in [1.29, 1.82) is 0 Å². The molecule has 1 amide bonds. The zero-order chi connectivity index (χ0) is 11.5. The average Bonchev–Trinajstić information content (AvgIpc) is 2.14. The Morgan fingerprint density at radius 3 is 2.47 bits per heavy atom. The van der Waals surface area contributed by atoms with Crippen molar-refractivity contribution in [3.05, 3.63) is 0 Å². The van der Waals surface area contributed by atoms with Crippen LogP contribution in [0.1, 0.15) is 25.7 Å². The summed E-state index contributed by atoms with van der Waals surface area (Å²) >= 11 is 0. The van der Waals surface area contributed by atoms with Gasteiger partial charge in [0.2, 0.25) is 5.91 Å². The molecule has 0 unspecified atom stereocenters. The van der Waals surface area contributed by atoms with Gasteiger partial charge in [-0.1, -0.05) is 12.8 Å². The zero-order valence-electron chi connectivity index (χ0n) is 8.31. The first-order valence-electron chi connectivity index (χ1n) is 5.00. The molecule has 2 atom stereocenters. The fourth-order valence-electron chi connectivity index (χ4n) is 1.80. The maximum Gasteiger partial charge on any atom is 0.405 e. The Morgan fingerprint density at radius 1 is 1.33 bits per heavy atom. The van der Waals surface area contributed by atoms with E-state index in [1.165, 1.54) is 0 Å². The van der Waals surface area contributed by atoms with Crippen molar-refractivity contribution in [2.45, 2.75) is 37.9 Å². The monoisotopic (exact) mass is 224 g/mol. The predicted molar refractivity (Wildman–Crippen MR) is 49.0 cm³/mol. The van der Waals surface area contributed by atoms with Crippen molar-refractivity contribution in [1.82, 2.24) is 5.32 Å². The highest BCUT2D eigenvalue weighted by Gasteiger charge is 2.32.